The second kappa shape index (κ2) is 15.0. The van der Waals surface area contributed by atoms with E-state index in [0.717, 1.165) is 5.56 Å². The molecule has 0 spiro atoms. The summed E-state index contributed by atoms with van der Waals surface area (Å²) in [6.07, 6.45) is 3.82. The Hall–Kier alpha value is -5.71. The molecule has 6 N–H and O–H groups in total. The Morgan fingerprint density at radius 1 is 0.955 bits per heavy atom. The van der Waals surface area contributed by atoms with Crippen LogP contribution >= 0.6 is 0 Å². The van der Waals surface area contributed by atoms with E-state index in [-0.39, 0.29) is 24.1 Å². The number of hydrogen-bond acceptors (Lipinski definition) is 8. The quantitative estimate of drug-likeness (QED) is 0.135. The van der Waals surface area contributed by atoms with Gasteiger partial charge in [0.1, 0.15) is 17.9 Å². The Morgan fingerprint density at radius 2 is 1.59 bits per heavy atom. The molecule has 0 radical (unpaired) electrons. The topological polar surface area (TPSA) is 219 Å². The van der Waals surface area contributed by atoms with Crippen LogP contribution in [0.2, 0.25) is 0 Å². The SMILES string of the molecule is C#CCN(Cc1ccc2nc(C)[nH]c(=O)c2c1)c1ccc(C(=O)N[C@@H](CCC(=O)O)C(=O)N[C@@H](CCC(=O)O)C(=O)O)cc1. The van der Waals surface area contributed by atoms with Crippen LogP contribution in [0.25, 0.3) is 10.9 Å². The summed E-state index contributed by atoms with van der Waals surface area (Å²) in [5.74, 6) is -2.58. The van der Waals surface area contributed by atoms with Crippen molar-refractivity contribution in [2.24, 2.45) is 0 Å². The lowest BCUT2D eigenvalue weighted by atomic mass is 10.1. The number of hydrogen-bond donors (Lipinski definition) is 6. The zero-order chi connectivity index (χ0) is 32.4. The van der Waals surface area contributed by atoms with Crippen molar-refractivity contribution in [2.75, 3.05) is 11.4 Å². The Kier molecular flexibility index (Phi) is 11.2. The summed E-state index contributed by atoms with van der Waals surface area (Å²) in [4.78, 5) is 80.5. The van der Waals surface area contributed by atoms with Crippen LogP contribution in [0.4, 0.5) is 5.69 Å². The van der Waals surface area contributed by atoms with Gasteiger partial charge in [-0.3, -0.25) is 24.0 Å². The van der Waals surface area contributed by atoms with E-state index in [1.807, 2.05) is 11.0 Å². The Balaban J connectivity index is 1.75. The Bertz CT molecular complexity index is 1660. The lowest BCUT2D eigenvalue weighted by Crippen LogP contribution is -2.51. The van der Waals surface area contributed by atoms with Crippen LogP contribution in [0.1, 0.15) is 47.4 Å². The number of aromatic nitrogens is 2. The largest absolute Gasteiger partial charge is 0.481 e. The van der Waals surface area contributed by atoms with Crippen molar-refractivity contribution in [3.05, 3.63) is 69.8 Å². The smallest absolute Gasteiger partial charge is 0.326 e. The summed E-state index contributed by atoms with van der Waals surface area (Å²) in [6, 6.07) is 8.56. The van der Waals surface area contributed by atoms with Crippen LogP contribution in [0.3, 0.4) is 0 Å². The van der Waals surface area contributed by atoms with Crippen LogP contribution in [0.5, 0.6) is 0 Å². The van der Waals surface area contributed by atoms with Crippen molar-refractivity contribution < 1.29 is 39.3 Å². The molecule has 0 fully saturated rings. The molecule has 3 aromatic rings. The molecule has 14 nitrogen and oxygen atoms in total. The maximum absolute atomic E-state index is 13.0. The lowest BCUT2D eigenvalue weighted by molar-refractivity contribution is -0.143. The number of carbonyl (C=O) groups excluding carboxylic acids is 2. The fourth-order valence-corrected chi connectivity index (χ4v) is 4.37. The molecule has 0 bridgehead atoms. The van der Waals surface area contributed by atoms with Crippen LogP contribution in [-0.4, -0.2) is 73.6 Å². The normalized spacial score (nSPS) is 12.0. The van der Waals surface area contributed by atoms with Gasteiger partial charge in [0, 0.05) is 30.6 Å². The molecule has 0 unspecified atom stereocenters. The van der Waals surface area contributed by atoms with Gasteiger partial charge >= 0.3 is 17.9 Å². The molecule has 0 aliphatic heterocycles. The second-order valence-corrected chi connectivity index (χ2v) is 9.90. The molecule has 3 rings (SSSR count). The van der Waals surface area contributed by atoms with E-state index in [9.17, 15) is 33.9 Å². The fraction of sp³-hybridized carbons (Fsp3) is 0.300. The predicted octanol–water partition coefficient (Wildman–Crippen LogP) is 1.27. The van der Waals surface area contributed by atoms with Crippen LogP contribution in [-0.2, 0) is 25.7 Å². The first kappa shape index (κ1) is 32.8. The van der Waals surface area contributed by atoms with Gasteiger partial charge in [-0.15, -0.1) is 6.42 Å². The molecule has 2 atom stereocenters. The third-order valence-corrected chi connectivity index (χ3v) is 6.57. The van der Waals surface area contributed by atoms with Gasteiger partial charge in [0.25, 0.3) is 11.5 Å². The minimum absolute atomic E-state index is 0.127. The molecule has 0 saturated carbocycles. The van der Waals surface area contributed by atoms with E-state index in [0.29, 0.717) is 29.0 Å². The summed E-state index contributed by atoms with van der Waals surface area (Å²) in [7, 11) is 0. The summed E-state index contributed by atoms with van der Waals surface area (Å²) in [5, 5.41) is 32.3. The predicted molar refractivity (Wildman–Crippen MR) is 158 cm³/mol. The summed E-state index contributed by atoms with van der Waals surface area (Å²) in [5.41, 5.74) is 1.87. The number of fused-ring (bicyclic) bond motifs is 1. The lowest BCUT2D eigenvalue weighted by Gasteiger charge is -2.23. The highest BCUT2D eigenvalue weighted by Crippen LogP contribution is 2.20. The van der Waals surface area contributed by atoms with Crippen LogP contribution < -0.4 is 21.1 Å². The zero-order valence-corrected chi connectivity index (χ0v) is 23.7. The first-order chi connectivity index (χ1) is 20.9. The van der Waals surface area contributed by atoms with Gasteiger partial charge in [-0.25, -0.2) is 9.78 Å². The third kappa shape index (κ3) is 9.15. The van der Waals surface area contributed by atoms with Gasteiger partial charge < -0.3 is 35.8 Å². The number of carbonyl (C=O) groups is 5. The first-order valence-corrected chi connectivity index (χ1v) is 13.4. The molecular weight excluding hydrogens is 574 g/mol. The van der Waals surface area contributed by atoms with E-state index in [1.165, 1.54) is 12.1 Å². The highest BCUT2D eigenvalue weighted by Gasteiger charge is 2.28. The van der Waals surface area contributed by atoms with Crippen LogP contribution in [0.15, 0.2) is 47.3 Å². The van der Waals surface area contributed by atoms with Gasteiger partial charge in [0.05, 0.1) is 17.4 Å². The fourth-order valence-electron chi connectivity index (χ4n) is 4.37. The number of nitrogens with one attached hydrogen (secondary N) is 3. The first-order valence-electron chi connectivity index (χ1n) is 13.4. The molecule has 0 aliphatic rings. The third-order valence-electron chi connectivity index (χ3n) is 6.57. The average molecular weight is 606 g/mol. The molecule has 2 aromatic carbocycles. The Morgan fingerprint density at radius 3 is 2.18 bits per heavy atom. The van der Waals surface area contributed by atoms with Crippen molar-refractivity contribution in [1.29, 1.82) is 0 Å². The van der Waals surface area contributed by atoms with Crippen molar-refractivity contribution in [3.63, 3.8) is 0 Å². The summed E-state index contributed by atoms with van der Waals surface area (Å²) < 4.78 is 0. The minimum Gasteiger partial charge on any atom is -0.481 e. The molecule has 14 heteroatoms. The van der Waals surface area contributed by atoms with E-state index in [2.05, 4.69) is 26.5 Å². The van der Waals surface area contributed by atoms with E-state index in [4.69, 9.17) is 16.6 Å². The van der Waals surface area contributed by atoms with Gasteiger partial charge in [0.15, 0.2) is 0 Å². The number of aliphatic carboxylic acids is 3. The van der Waals surface area contributed by atoms with E-state index in [1.54, 1.807) is 31.2 Å². The molecule has 1 aromatic heterocycles. The number of amides is 2. The number of H-pyrrole nitrogens is 1. The standard InChI is InChI=1S/C30H31N5O9/c1-3-14-35(16-18-4-9-22-21(15-18)28(41)32-17(2)31-22)20-7-5-19(6-8-20)27(40)33-23(10-12-25(36)37)29(42)34-24(30(43)44)11-13-26(38)39/h1,4-9,15,23-24H,10-14,16H2,2H3,(H,33,40)(H,34,42)(H,36,37)(H,38,39)(H,43,44)(H,31,32,41)/t23-,24-/m0/s1. The van der Waals surface area contributed by atoms with Crippen molar-refractivity contribution in [1.82, 2.24) is 20.6 Å². The number of carboxylic acid groups (broad SMARTS) is 3. The van der Waals surface area contributed by atoms with Gasteiger partial charge in [0.2, 0.25) is 5.91 Å². The number of aryl methyl sites for hydroxylation is 1. The van der Waals surface area contributed by atoms with Crippen molar-refractivity contribution in [2.45, 2.75) is 51.2 Å². The summed E-state index contributed by atoms with van der Waals surface area (Å²) >= 11 is 0. The van der Waals surface area contributed by atoms with Crippen molar-refractivity contribution in [3.8, 4) is 12.3 Å². The summed E-state index contributed by atoms with van der Waals surface area (Å²) in [6.45, 7) is 2.23. The number of terminal acetylenes is 1. The van der Waals surface area contributed by atoms with E-state index >= 15 is 0 Å². The number of nitrogens with zero attached hydrogens (tertiary/aromatic N) is 2. The van der Waals surface area contributed by atoms with Gasteiger partial charge in [-0.05, 0) is 61.7 Å². The molecule has 230 valence electrons. The average Bonchev–Trinajstić information content (AvgIpc) is 2.96. The minimum atomic E-state index is -1.55. The van der Waals surface area contributed by atoms with Gasteiger partial charge in [-0.2, -0.15) is 0 Å². The maximum Gasteiger partial charge on any atom is 0.326 e. The second-order valence-electron chi connectivity index (χ2n) is 9.90. The highest BCUT2D eigenvalue weighted by molar-refractivity contribution is 5.98. The zero-order valence-electron chi connectivity index (χ0n) is 23.7. The number of benzene rings is 2. The molecule has 0 saturated heterocycles. The number of rotatable bonds is 15. The molecule has 2 amide bonds. The van der Waals surface area contributed by atoms with Crippen LogP contribution in [0, 0.1) is 19.3 Å². The van der Waals surface area contributed by atoms with Crippen molar-refractivity contribution >= 4 is 46.3 Å². The molecule has 1 heterocycles. The maximum atomic E-state index is 13.0. The number of anilines is 1. The Labute approximate surface area is 251 Å². The number of aromatic amines is 1. The van der Waals surface area contributed by atoms with Gasteiger partial charge in [-0.1, -0.05) is 12.0 Å². The molecule has 0 aliphatic carbocycles. The molecule has 44 heavy (non-hydrogen) atoms. The van der Waals surface area contributed by atoms with E-state index < -0.39 is 61.1 Å². The number of carboxylic acids is 3. The highest BCUT2D eigenvalue weighted by atomic mass is 16.4. The molecular formula is C30H31N5O9. The monoisotopic (exact) mass is 605 g/mol.